The zero-order valence-corrected chi connectivity index (χ0v) is 10.2. The van der Waals surface area contributed by atoms with Crippen LogP contribution in [0.15, 0.2) is 16.5 Å². The summed E-state index contributed by atoms with van der Waals surface area (Å²) >= 11 is 0. The van der Waals surface area contributed by atoms with Crippen LogP contribution < -0.4 is 5.32 Å². The van der Waals surface area contributed by atoms with Gasteiger partial charge in [-0.3, -0.25) is 0 Å². The van der Waals surface area contributed by atoms with E-state index < -0.39 is 0 Å². The molecule has 0 spiro atoms. The Morgan fingerprint density at radius 1 is 1.13 bits per heavy atom. The highest BCUT2D eigenvalue weighted by atomic mass is 16.3. The highest BCUT2D eigenvalue weighted by Gasteiger charge is 2.04. The van der Waals surface area contributed by atoms with Crippen molar-refractivity contribution in [1.82, 2.24) is 5.32 Å². The largest absolute Gasteiger partial charge is 0.465 e. The molecule has 1 heterocycles. The SMILES string of the molecule is CCc1ccc(CNCC(CC)CC)o1. The van der Waals surface area contributed by atoms with Gasteiger partial charge in [-0.1, -0.05) is 33.6 Å². The molecule has 86 valence electrons. The number of rotatable bonds is 7. The van der Waals surface area contributed by atoms with Crippen LogP contribution in [0.25, 0.3) is 0 Å². The molecular weight excluding hydrogens is 186 g/mol. The third-order valence-corrected chi connectivity index (χ3v) is 2.95. The van der Waals surface area contributed by atoms with Crippen LogP contribution in [0.2, 0.25) is 0 Å². The molecule has 0 fully saturated rings. The van der Waals surface area contributed by atoms with Crippen LogP contribution in [0.1, 0.15) is 45.1 Å². The van der Waals surface area contributed by atoms with Gasteiger partial charge in [0.2, 0.25) is 0 Å². The van der Waals surface area contributed by atoms with Crippen LogP contribution in [0, 0.1) is 5.92 Å². The fraction of sp³-hybridized carbons (Fsp3) is 0.692. The van der Waals surface area contributed by atoms with Crippen LogP contribution in [-0.4, -0.2) is 6.54 Å². The maximum absolute atomic E-state index is 5.62. The molecular formula is C13H23NO. The van der Waals surface area contributed by atoms with Gasteiger partial charge in [-0.05, 0) is 24.6 Å². The van der Waals surface area contributed by atoms with Gasteiger partial charge in [0.1, 0.15) is 11.5 Å². The van der Waals surface area contributed by atoms with E-state index in [1.165, 1.54) is 12.8 Å². The van der Waals surface area contributed by atoms with Gasteiger partial charge < -0.3 is 9.73 Å². The van der Waals surface area contributed by atoms with Crippen LogP contribution in [0.4, 0.5) is 0 Å². The molecule has 1 rings (SSSR count). The van der Waals surface area contributed by atoms with Gasteiger partial charge in [0.05, 0.1) is 6.54 Å². The van der Waals surface area contributed by atoms with E-state index in [9.17, 15) is 0 Å². The van der Waals surface area contributed by atoms with Gasteiger partial charge in [0, 0.05) is 6.42 Å². The molecule has 2 nitrogen and oxygen atoms in total. The Morgan fingerprint density at radius 3 is 2.33 bits per heavy atom. The normalized spacial score (nSPS) is 11.2. The number of aryl methyl sites for hydroxylation is 1. The molecule has 1 N–H and O–H groups in total. The lowest BCUT2D eigenvalue weighted by atomic mass is 10.0. The molecule has 0 amide bonds. The van der Waals surface area contributed by atoms with E-state index in [0.29, 0.717) is 0 Å². The molecule has 0 saturated carbocycles. The van der Waals surface area contributed by atoms with E-state index in [4.69, 9.17) is 4.42 Å². The second kappa shape index (κ2) is 6.67. The first-order valence-corrected chi connectivity index (χ1v) is 6.08. The quantitative estimate of drug-likeness (QED) is 0.745. The van der Waals surface area contributed by atoms with E-state index in [2.05, 4.69) is 38.2 Å². The zero-order chi connectivity index (χ0) is 11.1. The second-order valence-electron chi connectivity index (χ2n) is 4.03. The lowest BCUT2D eigenvalue weighted by Crippen LogP contribution is -2.21. The topological polar surface area (TPSA) is 25.2 Å². The molecule has 0 aromatic carbocycles. The summed E-state index contributed by atoms with van der Waals surface area (Å²) in [4.78, 5) is 0. The van der Waals surface area contributed by atoms with Crippen molar-refractivity contribution in [3.8, 4) is 0 Å². The van der Waals surface area contributed by atoms with Crippen molar-refractivity contribution in [3.63, 3.8) is 0 Å². The Balaban J connectivity index is 2.25. The first-order valence-electron chi connectivity index (χ1n) is 6.08. The summed E-state index contributed by atoms with van der Waals surface area (Å²) in [7, 11) is 0. The maximum Gasteiger partial charge on any atom is 0.117 e. The first kappa shape index (κ1) is 12.3. The number of hydrogen-bond acceptors (Lipinski definition) is 2. The second-order valence-corrected chi connectivity index (χ2v) is 4.03. The Kier molecular flexibility index (Phi) is 5.48. The Morgan fingerprint density at radius 2 is 1.80 bits per heavy atom. The molecule has 15 heavy (non-hydrogen) atoms. The monoisotopic (exact) mass is 209 g/mol. The van der Waals surface area contributed by atoms with E-state index in [0.717, 1.165) is 36.9 Å². The fourth-order valence-electron chi connectivity index (χ4n) is 1.68. The number of hydrogen-bond donors (Lipinski definition) is 1. The summed E-state index contributed by atoms with van der Waals surface area (Å²) in [6.07, 6.45) is 3.48. The van der Waals surface area contributed by atoms with E-state index in [1.807, 2.05) is 0 Å². The summed E-state index contributed by atoms with van der Waals surface area (Å²) in [5.41, 5.74) is 0. The first-order chi connectivity index (χ1) is 7.30. The van der Waals surface area contributed by atoms with Crippen LogP contribution in [0.3, 0.4) is 0 Å². The van der Waals surface area contributed by atoms with Crippen molar-refractivity contribution >= 4 is 0 Å². The van der Waals surface area contributed by atoms with Crippen LogP contribution in [-0.2, 0) is 13.0 Å². The molecule has 2 heteroatoms. The predicted octanol–water partition coefficient (Wildman–Crippen LogP) is 3.37. The molecule has 0 saturated heterocycles. The van der Waals surface area contributed by atoms with Gasteiger partial charge >= 0.3 is 0 Å². The lowest BCUT2D eigenvalue weighted by molar-refractivity contribution is 0.412. The average molecular weight is 209 g/mol. The van der Waals surface area contributed by atoms with Gasteiger partial charge in [-0.25, -0.2) is 0 Å². The van der Waals surface area contributed by atoms with Crippen molar-refractivity contribution in [2.75, 3.05) is 6.54 Å². The summed E-state index contributed by atoms with van der Waals surface area (Å²) in [5, 5.41) is 3.45. The highest BCUT2D eigenvalue weighted by molar-refractivity contribution is 5.06. The zero-order valence-electron chi connectivity index (χ0n) is 10.2. The Bertz CT molecular complexity index is 263. The minimum Gasteiger partial charge on any atom is -0.465 e. The highest BCUT2D eigenvalue weighted by Crippen LogP contribution is 2.09. The molecule has 0 aliphatic rings. The van der Waals surface area contributed by atoms with E-state index in [-0.39, 0.29) is 0 Å². The lowest BCUT2D eigenvalue weighted by Gasteiger charge is -2.12. The van der Waals surface area contributed by atoms with Crippen molar-refractivity contribution in [2.45, 2.75) is 46.6 Å². The smallest absolute Gasteiger partial charge is 0.117 e. The molecule has 1 aromatic heterocycles. The van der Waals surface area contributed by atoms with E-state index in [1.54, 1.807) is 0 Å². The maximum atomic E-state index is 5.62. The molecule has 0 atom stereocenters. The molecule has 0 bridgehead atoms. The average Bonchev–Trinajstić information content (AvgIpc) is 2.72. The third kappa shape index (κ3) is 4.08. The molecule has 0 radical (unpaired) electrons. The van der Waals surface area contributed by atoms with Gasteiger partial charge in [0.15, 0.2) is 0 Å². The van der Waals surface area contributed by atoms with Crippen molar-refractivity contribution in [3.05, 3.63) is 23.7 Å². The third-order valence-electron chi connectivity index (χ3n) is 2.95. The number of nitrogens with one attached hydrogen (secondary N) is 1. The van der Waals surface area contributed by atoms with Crippen LogP contribution in [0.5, 0.6) is 0 Å². The molecule has 0 aliphatic carbocycles. The van der Waals surface area contributed by atoms with Gasteiger partial charge in [-0.15, -0.1) is 0 Å². The summed E-state index contributed by atoms with van der Waals surface area (Å²) in [5.74, 6) is 2.93. The molecule has 0 unspecified atom stereocenters. The van der Waals surface area contributed by atoms with E-state index >= 15 is 0 Å². The summed E-state index contributed by atoms with van der Waals surface area (Å²) in [6.45, 7) is 8.56. The van der Waals surface area contributed by atoms with Crippen molar-refractivity contribution in [1.29, 1.82) is 0 Å². The van der Waals surface area contributed by atoms with Crippen molar-refractivity contribution in [2.24, 2.45) is 5.92 Å². The van der Waals surface area contributed by atoms with Gasteiger partial charge in [0.25, 0.3) is 0 Å². The summed E-state index contributed by atoms with van der Waals surface area (Å²) < 4.78 is 5.62. The Hall–Kier alpha value is -0.760. The minimum atomic E-state index is 0.797. The minimum absolute atomic E-state index is 0.797. The summed E-state index contributed by atoms with van der Waals surface area (Å²) in [6, 6.07) is 4.13. The van der Waals surface area contributed by atoms with Gasteiger partial charge in [-0.2, -0.15) is 0 Å². The fourth-order valence-corrected chi connectivity index (χ4v) is 1.68. The number of furan rings is 1. The Labute approximate surface area is 93.1 Å². The standard InChI is InChI=1S/C13H23NO/c1-4-11(5-2)9-14-10-13-8-7-12(6-3)15-13/h7-8,11,14H,4-6,9-10H2,1-3H3. The molecule has 1 aromatic rings. The van der Waals surface area contributed by atoms with Crippen molar-refractivity contribution < 1.29 is 4.42 Å². The van der Waals surface area contributed by atoms with Crippen LogP contribution >= 0.6 is 0 Å². The predicted molar refractivity (Wildman–Crippen MR) is 63.9 cm³/mol. The molecule has 0 aliphatic heterocycles.